The molecular formula is C28H23ClN3O7-. The summed E-state index contributed by atoms with van der Waals surface area (Å²) in [6.07, 6.45) is -0.0370. The van der Waals surface area contributed by atoms with Crippen LogP contribution in [0.15, 0.2) is 65.7 Å². The monoisotopic (exact) mass is 548 g/mol. The fraction of sp³-hybridized carbons (Fsp3) is 0.179. The Balaban J connectivity index is 1.42. The van der Waals surface area contributed by atoms with Gasteiger partial charge in [0.2, 0.25) is 5.91 Å². The van der Waals surface area contributed by atoms with E-state index in [2.05, 4.69) is 10.3 Å². The number of carbonyl (C=O) groups excluding carboxylic acids is 4. The van der Waals surface area contributed by atoms with E-state index in [-0.39, 0.29) is 40.8 Å². The maximum absolute atomic E-state index is 12.9. The quantitative estimate of drug-likeness (QED) is 0.410. The van der Waals surface area contributed by atoms with Crippen LogP contribution in [0.4, 0.5) is 10.5 Å². The molecular weight excluding hydrogens is 526 g/mol. The van der Waals surface area contributed by atoms with Crippen molar-refractivity contribution in [3.8, 4) is 11.5 Å². The van der Waals surface area contributed by atoms with Gasteiger partial charge in [-0.2, -0.15) is 4.99 Å². The first-order chi connectivity index (χ1) is 18.6. The number of hydrogen-bond acceptors (Lipinski definition) is 7. The van der Waals surface area contributed by atoms with E-state index >= 15 is 0 Å². The number of rotatable bonds is 10. The SMILES string of the molecule is COc1cc(CC2=NC(=O)N(CC(=O)Nc3ccc(C)cc3)C2=O)cc(Cl)c1OCc1cccc(C(=O)[O-])c1. The molecule has 0 spiro atoms. The fourth-order valence-electron chi connectivity index (χ4n) is 3.85. The summed E-state index contributed by atoms with van der Waals surface area (Å²) in [5.74, 6) is -2.03. The third-order valence-corrected chi connectivity index (χ3v) is 6.08. The van der Waals surface area contributed by atoms with Crippen molar-refractivity contribution in [3.63, 3.8) is 0 Å². The van der Waals surface area contributed by atoms with Gasteiger partial charge in [0.15, 0.2) is 11.5 Å². The third kappa shape index (κ3) is 6.60. The molecule has 0 atom stereocenters. The fourth-order valence-corrected chi connectivity index (χ4v) is 4.14. The van der Waals surface area contributed by atoms with Gasteiger partial charge in [-0.05, 0) is 53.9 Å². The van der Waals surface area contributed by atoms with Crippen LogP contribution in [0.5, 0.6) is 11.5 Å². The molecule has 0 aliphatic carbocycles. The summed E-state index contributed by atoms with van der Waals surface area (Å²) in [7, 11) is 1.41. The molecule has 1 heterocycles. The second kappa shape index (κ2) is 11.8. The van der Waals surface area contributed by atoms with Crippen molar-refractivity contribution in [3.05, 3.63) is 87.9 Å². The summed E-state index contributed by atoms with van der Waals surface area (Å²) < 4.78 is 11.2. The highest BCUT2D eigenvalue weighted by Gasteiger charge is 2.34. The predicted molar refractivity (Wildman–Crippen MR) is 141 cm³/mol. The van der Waals surface area contributed by atoms with Gasteiger partial charge in [-0.3, -0.25) is 9.59 Å². The van der Waals surface area contributed by atoms with Gasteiger partial charge in [-0.15, -0.1) is 0 Å². The van der Waals surface area contributed by atoms with Crippen LogP contribution < -0.4 is 19.9 Å². The molecule has 39 heavy (non-hydrogen) atoms. The first-order valence-corrected chi connectivity index (χ1v) is 12.1. The van der Waals surface area contributed by atoms with E-state index in [1.807, 2.05) is 19.1 Å². The lowest BCUT2D eigenvalue weighted by atomic mass is 10.1. The van der Waals surface area contributed by atoms with Crippen LogP contribution in [0.25, 0.3) is 0 Å². The van der Waals surface area contributed by atoms with Gasteiger partial charge in [0.05, 0.1) is 18.1 Å². The van der Waals surface area contributed by atoms with Crippen molar-refractivity contribution in [2.75, 3.05) is 19.0 Å². The van der Waals surface area contributed by atoms with Crippen LogP contribution in [0.2, 0.25) is 5.02 Å². The van der Waals surface area contributed by atoms with Crippen LogP contribution in [0, 0.1) is 6.92 Å². The Bertz CT molecular complexity index is 1480. The first kappa shape index (κ1) is 27.3. The second-order valence-corrected chi connectivity index (χ2v) is 9.12. The van der Waals surface area contributed by atoms with E-state index < -0.39 is 30.4 Å². The number of carboxylic acids is 1. The van der Waals surface area contributed by atoms with E-state index in [9.17, 15) is 24.3 Å². The van der Waals surface area contributed by atoms with Crippen molar-refractivity contribution in [1.29, 1.82) is 0 Å². The average Bonchev–Trinajstić information content (AvgIpc) is 3.16. The normalized spacial score (nSPS) is 12.8. The maximum Gasteiger partial charge on any atom is 0.351 e. The molecule has 200 valence electrons. The number of urea groups is 1. The molecule has 0 unspecified atom stereocenters. The number of aromatic carboxylic acids is 1. The van der Waals surface area contributed by atoms with E-state index in [0.717, 1.165) is 10.5 Å². The van der Waals surface area contributed by atoms with Crippen LogP contribution in [0.3, 0.4) is 0 Å². The van der Waals surface area contributed by atoms with E-state index in [1.54, 1.807) is 36.4 Å². The average molecular weight is 549 g/mol. The molecule has 3 aromatic rings. The maximum atomic E-state index is 12.9. The summed E-state index contributed by atoms with van der Waals surface area (Å²) in [5, 5.41) is 13.9. The lowest BCUT2D eigenvalue weighted by Gasteiger charge is -2.15. The van der Waals surface area contributed by atoms with Crippen LogP contribution in [-0.4, -0.2) is 48.1 Å². The van der Waals surface area contributed by atoms with Crippen molar-refractivity contribution in [1.82, 2.24) is 4.90 Å². The summed E-state index contributed by atoms with van der Waals surface area (Å²) in [6.45, 7) is 1.45. The van der Waals surface area contributed by atoms with Gasteiger partial charge >= 0.3 is 6.03 Å². The molecule has 0 fully saturated rings. The molecule has 0 saturated carbocycles. The van der Waals surface area contributed by atoms with Crippen molar-refractivity contribution in [2.45, 2.75) is 20.0 Å². The number of aryl methyl sites for hydroxylation is 1. The molecule has 1 aliphatic rings. The van der Waals surface area contributed by atoms with Crippen molar-refractivity contribution < 1.29 is 33.8 Å². The van der Waals surface area contributed by atoms with Crippen molar-refractivity contribution >= 4 is 46.8 Å². The van der Waals surface area contributed by atoms with Gasteiger partial charge in [0.1, 0.15) is 18.9 Å². The molecule has 1 N–H and O–H groups in total. The van der Waals surface area contributed by atoms with E-state index in [1.165, 1.54) is 19.2 Å². The molecule has 1 aliphatic heterocycles. The van der Waals surface area contributed by atoms with Gasteiger partial charge in [0.25, 0.3) is 5.91 Å². The number of ether oxygens (including phenoxy) is 2. The largest absolute Gasteiger partial charge is 0.545 e. The standard InChI is InChI=1S/C28H24ClN3O7/c1-16-6-8-20(9-7-16)30-24(33)14-32-26(34)22(31-28(32)37)12-18-11-21(29)25(23(13-18)38-2)39-15-17-4-3-5-19(10-17)27(35)36/h3-11,13H,12,14-15H2,1-2H3,(H,30,33)(H,35,36)/p-1. The van der Waals surface area contributed by atoms with Crippen LogP contribution in [-0.2, 0) is 22.6 Å². The highest BCUT2D eigenvalue weighted by molar-refractivity contribution is 6.47. The van der Waals surface area contributed by atoms with E-state index in [0.29, 0.717) is 16.8 Å². The minimum atomic E-state index is -1.30. The summed E-state index contributed by atoms with van der Waals surface area (Å²) in [5.41, 5.74) is 2.64. The number of benzene rings is 3. The number of halogens is 1. The number of nitrogens with one attached hydrogen (secondary N) is 1. The van der Waals surface area contributed by atoms with Gasteiger partial charge in [-0.25, -0.2) is 9.69 Å². The number of nitrogens with zero attached hydrogens (tertiary/aromatic N) is 2. The molecule has 4 rings (SSSR count). The third-order valence-electron chi connectivity index (χ3n) is 5.80. The zero-order chi connectivity index (χ0) is 28.1. The van der Waals surface area contributed by atoms with Gasteiger partial charge in [0, 0.05) is 12.1 Å². The summed E-state index contributed by atoms with van der Waals surface area (Å²) in [6, 6.07) is 15.5. The smallest absolute Gasteiger partial charge is 0.351 e. The van der Waals surface area contributed by atoms with Crippen LogP contribution >= 0.6 is 11.6 Å². The number of carbonyl (C=O) groups is 4. The van der Waals surface area contributed by atoms with Gasteiger partial charge in [-0.1, -0.05) is 47.5 Å². The lowest BCUT2D eigenvalue weighted by molar-refractivity contribution is -0.255. The highest BCUT2D eigenvalue weighted by Crippen LogP contribution is 2.37. The molecule has 0 bridgehead atoms. The molecule has 0 saturated heterocycles. The number of methoxy groups -OCH3 is 1. The zero-order valence-corrected chi connectivity index (χ0v) is 21.8. The van der Waals surface area contributed by atoms with E-state index in [4.69, 9.17) is 21.1 Å². The lowest BCUT2D eigenvalue weighted by Crippen LogP contribution is -2.39. The topological polar surface area (TPSA) is 137 Å². The highest BCUT2D eigenvalue weighted by atomic mass is 35.5. The Morgan fingerprint density at radius 3 is 2.49 bits per heavy atom. The minimum absolute atomic E-state index is 0.00978. The summed E-state index contributed by atoms with van der Waals surface area (Å²) in [4.78, 5) is 53.3. The Kier molecular flexibility index (Phi) is 8.26. The number of aliphatic imine (C=N–C) groups is 1. The molecule has 3 aromatic carbocycles. The molecule has 0 radical (unpaired) electrons. The Hall–Kier alpha value is -4.70. The second-order valence-electron chi connectivity index (χ2n) is 8.71. The molecule has 4 amide bonds. The number of carboxylic acid groups (broad SMARTS) is 1. The van der Waals surface area contributed by atoms with Gasteiger partial charge < -0.3 is 24.7 Å². The number of amides is 4. The zero-order valence-electron chi connectivity index (χ0n) is 21.0. The number of imide groups is 1. The molecule has 0 aromatic heterocycles. The van der Waals surface area contributed by atoms with Crippen LogP contribution in [0.1, 0.15) is 27.0 Å². The number of anilines is 1. The Morgan fingerprint density at radius 1 is 1.05 bits per heavy atom. The predicted octanol–water partition coefficient (Wildman–Crippen LogP) is 3.18. The molecule has 10 nitrogen and oxygen atoms in total. The Labute approximate surface area is 228 Å². The van der Waals surface area contributed by atoms with Crippen molar-refractivity contribution in [2.24, 2.45) is 4.99 Å². The molecule has 11 heteroatoms. The minimum Gasteiger partial charge on any atom is -0.545 e. The number of hydrogen-bond donors (Lipinski definition) is 1. The Morgan fingerprint density at radius 2 is 1.79 bits per heavy atom. The summed E-state index contributed by atoms with van der Waals surface area (Å²) >= 11 is 6.43. The first-order valence-electron chi connectivity index (χ1n) is 11.7.